The number of piperidine rings is 1. The molecule has 0 spiro atoms. The Labute approximate surface area is 142 Å². The van der Waals surface area contributed by atoms with E-state index in [2.05, 4.69) is 15.7 Å². The minimum absolute atomic E-state index is 0.361. The Balaban J connectivity index is 2.10. The molecule has 0 radical (unpaired) electrons. The SMILES string of the molecule is CCCN[C@]1([P+](=O)NC(=O)Nc2ccccc2)CCCN(N)C1=O. The maximum Gasteiger partial charge on any atom is 0.496 e. The number of nitrogens with zero attached hydrogens (tertiary/aromatic N) is 1. The van der Waals surface area contributed by atoms with Gasteiger partial charge in [-0.15, -0.1) is 5.09 Å². The maximum absolute atomic E-state index is 12.8. The van der Waals surface area contributed by atoms with Crippen LogP contribution in [0.25, 0.3) is 0 Å². The van der Waals surface area contributed by atoms with Gasteiger partial charge in [0, 0.05) is 18.7 Å². The van der Waals surface area contributed by atoms with Gasteiger partial charge in [0.05, 0.1) is 0 Å². The number of nitrogens with two attached hydrogens (primary N) is 1. The molecule has 24 heavy (non-hydrogen) atoms. The normalized spacial score (nSPS) is 21.3. The van der Waals surface area contributed by atoms with Gasteiger partial charge in [-0.2, -0.15) is 0 Å². The molecule has 1 fully saturated rings. The first-order chi connectivity index (χ1) is 11.5. The average Bonchev–Trinajstić information content (AvgIpc) is 2.57. The molecule has 5 N–H and O–H groups in total. The van der Waals surface area contributed by atoms with Crippen molar-refractivity contribution in [1.82, 2.24) is 15.4 Å². The van der Waals surface area contributed by atoms with Gasteiger partial charge >= 0.3 is 25.2 Å². The van der Waals surface area contributed by atoms with Crippen molar-refractivity contribution in [3.05, 3.63) is 30.3 Å². The lowest BCUT2D eigenvalue weighted by atomic mass is 10.1. The second-order valence-electron chi connectivity index (χ2n) is 5.62. The second kappa shape index (κ2) is 8.19. The van der Waals surface area contributed by atoms with Crippen LogP contribution in [-0.2, 0) is 9.36 Å². The minimum atomic E-state index is -2.39. The number of rotatable bonds is 6. The highest BCUT2D eigenvalue weighted by Crippen LogP contribution is 2.40. The average molecular weight is 352 g/mol. The Kier molecular flexibility index (Phi) is 6.25. The summed E-state index contributed by atoms with van der Waals surface area (Å²) in [4.78, 5) is 24.6. The Morgan fingerprint density at radius 1 is 1.38 bits per heavy atom. The molecule has 130 valence electrons. The molecule has 9 heteroatoms. The molecule has 2 rings (SSSR count). The van der Waals surface area contributed by atoms with Crippen LogP contribution in [0.2, 0.25) is 0 Å². The second-order valence-corrected chi connectivity index (χ2v) is 7.19. The van der Waals surface area contributed by atoms with Crippen molar-refractivity contribution in [2.75, 3.05) is 18.4 Å². The predicted molar refractivity (Wildman–Crippen MR) is 92.4 cm³/mol. The van der Waals surface area contributed by atoms with Gasteiger partial charge in [0.15, 0.2) is 0 Å². The summed E-state index contributed by atoms with van der Waals surface area (Å²) >= 11 is 0. The number of hydrogen-bond acceptors (Lipinski definition) is 5. The first-order valence-electron chi connectivity index (χ1n) is 7.91. The van der Waals surface area contributed by atoms with Crippen molar-refractivity contribution in [2.45, 2.75) is 31.5 Å². The predicted octanol–water partition coefficient (Wildman–Crippen LogP) is 1.74. The van der Waals surface area contributed by atoms with E-state index in [0.717, 1.165) is 11.4 Å². The number of carbonyl (C=O) groups is 2. The molecule has 0 aliphatic carbocycles. The maximum atomic E-state index is 12.8. The number of nitrogens with one attached hydrogen (secondary N) is 3. The quantitative estimate of drug-likeness (QED) is 0.353. The van der Waals surface area contributed by atoms with Crippen LogP contribution < -0.4 is 21.6 Å². The molecule has 0 bridgehead atoms. The largest absolute Gasteiger partial charge is 0.496 e. The van der Waals surface area contributed by atoms with E-state index in [1.54, 1.807) is 24.3 Å². The van der Waals surface area contributed by atoms with Gasteiger partial charge in [-0.05, 0) is 36.1 Å². The Morgan fingerprint density at radius 2 is 2.08 bits per heavy atom. The van der Waals surface area contributed by atoms with Gasteiger partial charge in [0.2, 0.25) is 0 Å². The van der Waals surface area contributed by atoms with Crippen LogP contribution >= 0.6 is 7.95 Å². The van der Waals surface area contributed by atoms with Crippen LogP contribution in [0.3, 0.4) is 0 Å². The highest BCUT2D eigenvalue weighted by atomic mass is 31.1. The van der Waals surface area contributed by atoms with Crippen LogP contribution in [0.5, 0.6) is 0 Å². The molecular formula is C15H23N5O3P+. The molecule has 1 aromatic carbocycles. The lowest BCUT2D eigenvalue weighted by molar-refractivity contribution is -0.138. The summed E-state index contributed by atoms with van der Waals surface area (Å²) in [6, 6.07) is 8.18. The fourth-order valence-electron chi connectivity index (χ4n) is 2.58. The Bertz CT molecular complexity index is 612. The highest BCUT2D eigenvalue weighted by molar-refractivity contribution is 7.46. The zero-order chi connectivity index (χ0) is 17.6. The zero-order valence-corrected chi connectivity index (χ0v) is 14.5. The molecule has 1 aromatic rings. The molecule has 8 nitrogen and oxygen atoms in total. The summed E-state index contributed by atoms with van der Waals surface area (Å²) in [6.07, 6.45) is 1.74. The Hall–Kier alpha value is -2.02. The summed E-state index contributed by atoms with van der Waals surface area (Å²) in [6.45, 7) is 2.85. The zero-order valence-electron chi connectivity index (χ0n) is 13.6. The fourth-order valence-corrected chi connectivity index (χ4v) is 3.93. The van der Waals surface area contributed by atoms with E-state index >= 15 is 0 Å². The molecule has 1 aliphatic heterocycles. The van der Waals surface area contributed by atoms with Crippen molar-refractivity contribution in [3.63, 3.8) is 0 Å². The van der Waals surface area contributed by atoms with E-state index in [4.69, 9.17) is 5.84 Å². The van der Waals surface area contributed by atoms with E-state index in [-0.39, 0.29) is 0 Å². The van der Waals surface area contributed by atoms with E-state index in [1.807, 2.05) is 13.0 Å². The third-order valence-electron chi connectivity index (χ3n) is 3.80. The molecule has 3 amide bonds. The molecule has 1 aliphatic rings. The number of para-hydroxylation sites is 1. The third kappa shape index (κ3) is 4.08. The number of hydrazine groups is 1. The van der Waals surface area contributed by atoms with Gasteiger partial charge < -0.3 is 5.32 Å². The van der Waals surface area contributed by atoms with Crippen molar-refractivity contribution in [2.24, 2.45) is 5.84 Å². The van der Waals surface area contributed by atoms with Crippen molar-refractivity contribution >= 4 is 25.6 Å². The minimum Gasteiger partial charge on any atom is -0.305 e. The van der Waals surface area contributed by atoms with Crippen LogP contribution in [0.1, 0.15) is 26.2 Å². The van der Waals surface area contributed by atoms with E-state index in [9.17, 15) is 14.2 Å². The van der Waals surface area contributed by atoms with Crippen molar-refractivity contribution < 1.29 is 14.2 Å². The van der Waals surface area contributed by atoms with E-state index in [1.165, 1.54) is 0 Å². The highest BCUT2D eigenvalue weighted by Gasteiger charge is 2.60. The summed E-state index contributed by atoms with van der Waals surface area (Å²) < 4.78 is 12.8. The molecule has 1 unspecified atom stereocenters. The van der Waals surface area contributed by atoms with Gasteiger partial charge in [-0.3, -0.25) is 15.1 Å². The van der Waals surface area contributed by atoms with Crippen LogP contribution in [0.4, 0.5) is 10.5 Å². The number of urea groups is 1. The van der Waals surface area contributed by atoms with Gasteiger partial charge in [0.25, 0.3) is 0 Å². The first kappa shape index (κ1) is 18.3. The van der Waals surface area contributed by atoms with Crippen LogP contribution in [0.15, 0.2) is 30.3 Å². The summed E-state index contributed by atoms with van der Waals surface area (Å²) in [5.41, 5.74) is 0.574. The number of amides is 3. The summed E-state index contributed by atoms with van der Waals surface area (Å²) in [5, 5.41) is 7.73. The molecule has 0 aromatic heterocycles. The molecule has 2 atom stereocenters. The smallest absolute Gasteiger partial charge is 0.305 e. The third-order valence-corrected chi connectivity index (χ3v) is 5.47. The summed E-state index contributed by atoms with van der Waals surface area (Å²) in [7, 11) is -2.39. The monoisotopic (exact) mass is 352 g/mol. The van der Waals surface area contributed by atoms with Gasteiger partial charge in [-0.25, -0.2) is 10.6 Å². The standard InChI is InChI=1S/C15H22N5O3P/c1-2-10-17-15(9-6-11-20(16)13(15)21)24(23)19-14(22)18-12-7-4-3-5-8-12/h3-5,7-8,17H,2,6,9-11,16H2,1H3,(H-,18,19,22,23)/p+1/t15-/m0/s1. The number of anilines is 1. The summed E-state index contributed by atoms with van der Waals surface area (Å²) in [5.74, 6) is 5.25. The molecule has 1 saturated heterocycles. The molecular weight excluding hydrogens is 329 g/mol. The lowest BCUT2D eigenvalue weighted by Crippen LogP contribution is -2.62. The lowest BCUT2D eigenvalue weighted by Gasteiger charge is -2.32. The number of carbonyl (C=O) groups excluding carboxylic acids is 2. The first-order valence-corrected chi connectivity index (χ1v) is 9.17. The number of hydrogen-bond donors (Lipinski definition) is 4. The van der Waals surface area contributed by atoms with E-state index in [0.29, 0.717) is 31.6 Å². The molecule has 0 saturated carbocycles. The fraction of sp³-hybridized carbons (Fsp3) is 0.467. The Morgan fingerprint density at radius 3 is 2.75 bits per heavy atom. The molecule has 1 heterocycles. The van der Waals surface area contributed by atoms with Crippen LogP contribution in [0, 0.1) is 0 Å². The van der Waals surface area contributed by atoms with Gasteiger partial charge in [0.1, 0.15) is 0 Å². The van der Waals surface area contributed by atoms with Crippen molar-refractivity contribution in [3.8, 4) is 0 Å². The topological polar surface area (TPSA) is 117 Å². The number of benzene rings is 1. The van der Waals surface area contributed by atoms with Gasteiger partial charge in [-0.1, -0.05) is 25.1 Å². The van der Waals surface area contributed by atoms with Crippen molar-refractivity contribution in [1.29, 1.82) is 0 Å². The van der Waals surface area contributed by atoms with Crippen LogP contribution in [-0.4, -0.2) is 35.3 Å². The van der Waals surface area contributed by atoms with E-state index < -0.39 is 25.2 Å².